The lowest BCUT2D eigenvalue weighted by atomic mass is 10.1. The summed E-state index contributed by atoms with van der Waals surface area (Å²) in [4.78, 5) is 2.42. The van der Waals surface area contributed by atoms with E-state index in [1.807, 2.05) is 12.1 Å². The second-order valence-corrected chi connectivity index (χ2v) is 5.04. The van der Waals surface area contributed by atoms with Crippen molar-refractivity contribution in [2.75, 3.05) is 18.0 Å². The second-order valence-electron chi connectivity index (χ2n) is 4.60. The molecule has 0 fully saturated rings. The Morgan fingerprint density at radius 1 is 1.35 bits per heavy atom. The first-order chi connectivity index (χ1) is 8.10. The zero-order chi connectivity index (χ0) is 12.8. The Kier molecular flexibility index (Phi) is 5.79. The molecule has 0 saturated carbocycles. The van der Waals surface area contributed by atoms with Crippen molar-refractivity contribution in [1.29, 1.82) is 0 Å². The van der Waals surface area contributed by atoms with E-state index in [9.17, 15) is 0 Å². The highest BCUT2D eigenvalue weighted by atomic mass is 35.5. The fraction of sp³-hybridized carbons (Fsp3) is 0.571. The van der Waals surface area contributed by atoms with Crippen LogP contribution in [-0.4, -0.2) is 19.1 Å². The molecule has 1 aromatic rings. The van der Waals surface area contributed by atoms with Crippen LogP contribution in [0.2, 0.25) is 5.02 Å². The van der Waals surface area contributed by atoms with Gasteiger partial charge in [-0.15, -0.1) is 0 Å². The van der Waals surface area contributed by atoms with Crippen molar-refractivity contribution in [3.05, 3.63) is 28.8 Å². The molecule has 2 N–H and O–H groups in total. The van der Waals surface area contributed by atoms with Crippen LogP contribution in [0.4, 0.5) is 5.69 Å². The van der Waals surface area contributed by atoms with Crippen LogP contribution >= 0.6 is 11.6 Å². The molecule has 0 aromatic heterocycles. The number of nitrogens with zero attached hydrogens (tertiary/aromatic N) is 1. The summed E-state index contributed by atoms with van der Waals surface area (Å²) in [7, 11) is 0. The largest absolute Gasteiger partial charge is 0.369 e. The molecule has 1 aromatic carbocycles. The normalized spacial score (nSPS) is 10.9. The van der Waals surface area contributed by atoms with Gasteiger partial charge in [0.2, 0.25) is 0 Å². The summed E-state index contributed by atoms with van der Waals surface area (Å²) in [5.41, 5.74) is 8.19. The number of nitrogens with two attached hydrogens (primary N) is 1. The molecule has 3 heteroatoms. The third-order valence-corrected chi connectivity index (χ3v) is 3.09. The maximum atomic E-state index is 6.05. The van der Waals surface area contributed by atoms with Gasteiger partial charge in [0.05, 0.1) is 0 Å². The molecule has 0 aliphatic heterocycles. The Morgan fingerprint density at radius 2 is 2.06 bits per heavy atom. The lowest BCUT2D eigenvalue weighted by Gasteiger charge is -2.30. The van der Waals surface area contributed by atoms with E-state index in [1.165, 1.54) is 11.3 Å². The van der Waals surface area contributed by atoms with Gasteiger partial charge in [0.1, 0.15) is 0 Å². The smallest absolute Gasteiger partial charge is 0.0410 e. The van der Waals surface area contributed by atoms with Crippen molar-refractivity contribution in [2.24, 2.45) is 5.73 Å². The number of rotatable bonds is 6. The first-order valence-corrected chi connectivity index (χ1v) is 6.73. The quantitative estimate of drug-likeness (QED) is 0.842. The van der Waals surface area contributed by atoms with Gasteiger partial charge >= 0.3 is 0 Å². The van der Waals surface area contributed by atoms with E-state index in [4.69, 9.17) is 17.3 Å². The molecule has 0 atom stereocenters. The summed E-state index contributed by atoms with van der Waals surface area (Å²) >= 11 is 6.05. The average molecular weight is 255 g/mol. The number of hydrogen-bond acceptors (Lipinski definition) is 2. The second kappa shape index (κ2) is 6.87. The standard InChI is InChI=1S/C14H23ClN2/c1-4-9-17(11(2)3)14-6-5-13(15)10-12(14)7-8-16/h5-6,10-11H,4,7-9,16H2,1-3H3. The van der Waals surface area contributed by atoms with Crippen LogP contribution in [-0.2, 0) is 6.42 Å². The minimum absolute atomic E-state index is 0.493. The summed E-state index contributed by atoms with van der Waals surface area (Å²) < 4.78 is 0. The molecule has 0 heterocycles. The zero-order valence-corrected chi connectivity index (χ0v) is 11.8. The Balaban J connectivity index is 3.07. The lowest BCUT2D eigenvalue weighted by Crippen LogP contribution is -2.32. The number of anilines is 1. The van der Waals surface area contributed by atoms with E-state index in [1.54, 1.807) is 0 Å². The van der Waals surface area contributed by atoms with Gasteiger partial charge < -0.3 is 10.6 Å². The highest BCUT2D eigenvalue weighted by Gasteiger charge is 2.13. The van der Waals surface area contributed by atoms with E-state index in [0.29, 0.717) is 12.6 Å². The van der Waals surface area contributed by atoms with Crippen molar-refractivity contribution in [3.8, 4) is 0 Å². The van der Waals surface area contributed by atoms with Crippen molar-refractivity contribution in [2.45, 2.75) is 39.7 Å². The fourth-order valence-electron chi connectivity index (χ4n) is 2.09. The Labute approximate surface area is 110 Å². The van der Waals surface area contributed by atoms with Crippen LogP contribution in [0, 0.1) is 0 Å². The van der Waals surface area contributed by atoms with E-state index < -0.39 is 0 Å². The van der Waals surface area contributed by atoms with Crippen molar-refractivity contribution >= 4 is 17.3 Å². The highest BCUT2D eigenvalue weighted by Crippen LogP contribution is 2.26. The van der Waals surface area contributed by atoms with Gasteiger partial charge in [-0.2, -0.15) is 0 Å². The van der Waals surface area contributed by atoms with Gasteiger partial charge in [-0.25, -0.2) is 0 Å². The van der Waals surface area contributed by atoms with Gasteiger partial charge in [0.25, 0.3) is 0 Å². The Bertz CT molecular complexity index is 350. The average Bonchev–Trinajstić information content (AvgIpc) is 2.27. The Hall–Kier alpha value is -0.730. The first kappa shape index (κ1) is 14.3. The highest BCUT2D eigenvalue weighted by molar-refractivity contribution is 6.30. The number of benzene rings is 1. The van der Waals surface area contributed by atoms with Crippen LogP contribution in [0.15, 0.2) is 18.2 Å². The summed E-state index contributed by atoms with van der Waals surface area (Å²) in [6, 6.07) is 6.60. The maximum absolute atomic E-state index is 6.05. The zero-order valence-electron chi connectivity index (χ0n) is 11.0. The van der Waals surface area contributed by atoms with E-state index in [-0.39, 0.29) is 0 Å². The summed E-state index contributed by atoms with van der Waals surface area (Å²) in [5, 5.41) is 0.789. The van der Waals surface area contributed by atoms with Gasteiger partial charge in [-0.1, -0.05) is 18.5 Å². The molecule has 0 radical (unpaired) electrons. The molecule has 0 bridgehead atoms. The van der Waals surface area contributed by atoms with Crippen molar-refractivity contribution in [1.82, 2.24) is 0 Å². The minimum Gasteiger partial charge on any atom is -0.369 e. The van der Waals surface area contributed by atoms with Crippen LogP contribution < -0.4 is 10.6 Å². The predicted molar refractivity (Wildman–Crippen MR) is 77.0 cm³/mol. The molecule has 2 nitrogen and oxygen atoms in total. The van der Waals surface area contributed by atoms with Crippen LogP contribution in [0.25, 0.3) is 0 Å². The third-order valence-electron chi connectivity index (χ3n) is 2.85. The topological polar surface area (TPSA) is 29.3 Å². The molecule has 1 rings (SSSR count). The molecule has 0 aliphatic carbocycles. The van der Waals surface area contributed by atoms with Gasteiger partial charge in [0, 0.05) is 23.3 Å². The molecule has 0 amide bonds. The molecule has 96 valence electrons. The van der Waals surface area contributed by atoms with Crippen LogP contribution in [0.1, 0.15) is 32.8 Å². The van der Waals surface area contributed by atoms with E-state index >= 15 is 0 Å². The van der Waals surface area contributed by atoms with Crippen LogP contribution in [0.5, 0.6) is 0 Å². The predicted octanol–water partition coefficient (Wildman–Crippen LogP) is 3.47. The molecular weight excluding hydrogens is 232 g/mol. The molecule has 0 spiro atoms. The van der Waals surface area contributed by atoms with Gasteiger partial charge in [-0.05, 0) is 57.0 Å². The van der Waals surface area contributed by atoms with E-state index in [0.717, 1.165) is 24.4 Å². The van der Waals surface area contributed by atoms with Gasteiger partial charge in [0.15, 0.2) is 0 Å². The van der Waals surface area contributed by atoms with Crippen LogP contribution in [0.3, 0.4) is 0 Å². The third kappa shape index (κ3) is 3.90. The lowest BCUT2D eigenvalue weighted by molar-refractivity contribution is 0.667. The maximum Gasteiger partial charge on any atom is 0.0410 e. The molecule has 17 heavy (non-hydrogen) atoms. The molecule has 0 unspecified atom stereocenters. The summed E-state index contributed by atoms with van der Waals surface area (Å²) in [6.45, 7) is 8.36. The monoisotopic (exact) mass is 254 g/mol. The molecule has 0 aliphatic rings. The number of halogens is 1. The fourth-order valence-corrected chi connectivity index (χ4v) is 2.28. The first-order valence-electron chi connectivity index (χ1n) is 6.35. The number of hydrogen-bond donors (Lipinski definition) is 1. The Morgan fingerprint density at radius 3 is 2.59 bits per heavy atom. The van der Waals surface area contributed by atoms with E-state index in [2.05, 4.69) is 31.7 Å². The molecular formula is C14H23ClN2. The minimum atomic E-state index is 0.493. The molecule has 0 saturated heterocycles. The SMILES string of the molecule is CCCN(c1ccc(Cl)cc1CCN)C(C)C. The summed E-state index contributed by atoms with van der Waals surface area (Å²) in [6.07, 6.45) is 2.02. The van der Waals surface area contributed by atoms with Crippen molar-refractivity contribution < 1.29 is 0 Å². The summed E-state index contributed by atoms with van der Waals surface area (Å²) in [5.74, 6) is 0. The van der Waals surface area contributed by atoms with Crippen molar-refractivity contribution in [3.63, 3.8) is 0 Å². The van der Waals surface area contributed by atoms with Gasteiger partial charge in [-0.3, -0.25) is 0 Å².